The summed E-state index contributed by atoms with van der Waals surface area (Å²) in [6.45, 7) is 3.18. The van der Waals surface area contributed by atoms with Crippen molar-refractivity contribution in [2.24, 2.45) is 0 Å². The van der Waals surface area contributed by atoms with Crippen molar-refractivity contribution in [2.75, 3.05) is 5.32 Å². The van der Waals surface area contributed by atoms with E-state index >= 15 is 0 Å². The Labute approximate surface area is 154 Å². The maximum Gasteiger partial charge on any atom is 0.308 e. The quantitative estimate of drug-likeness (QED) is 0.361. The van der Waals surface area contributed by atoms with E-state index in [1.54, 1.807) is 24.3 Å². The number of amides is 1. The minimum atomic E-state index is -0.489. The molecule has 0 aliphatic carbocycles. The first-order valence-electron chi connectivity index (χ1n) is 7.37. The highest BCUT2D eigenvalue weighted by Gasteiger charge is 2.11. The van der Waals surface area contributed by atoms with Crippen molar-refractivity contribution in [3.63, 3.8) is 0 Å². The number of esters is 1. The lowest BCUT2D eigenvalue weighted by molar-refractivity contribution is -0.131. The molecule has 0 heterocycles. The molecule has 2 aromatic carbocycles. The van der Waals surface area contributed by atoms with Gasteiger partial charge in [-0.2, -0.15) is 5.26 Å². The van der Waals surface area contributed by atoms with Gasteiger partial charge in [-0.3, -0.25) is 9.59 Å². The van der Waals surface area contributed by atoms with Crippen molar-refractivity contribution < 1.29 is 14.3 Å². The summed E-state index contributed by atoms with van der Waals surface area (Å²) in [4.78, 5) is 23.3. The largest absolute Gasteiger partial charge is 0.426 e. The summed E-state index contributed by atoms with van der Waals surface area (Å²) in [5.74, 6) is -0.552. The van der Waals surface area contributed by atoms with Crippen LogP contribution in [0.4, 0.5) is 5.69 Å². The van der Waals surface area contributed by atoms with Crippen molar-refractivity contribution >= 4 is 39.6 Å². The third kappa shape index (κ3) is 5.03. The number of halogens is 1. The highest BCUT2D eigenvalue weighted by Crippen LogP contribution is 2.27. The fourth-order valence-electron chi connectivity index (χ4n) is 2.06. The average molecular weight is 399 g/mol. The number of nitrogens with one attached hydrogen (secondary N) is 1. The van der Waals surface area contributed by atoms with Gasteiger partial charge in [0, 0.05) is 12.6 Å². The van der Waals surface area contributed by atoms with Gasteiger partial charge in [0.2, 0.25) is 0 Å². The van der Waals surface area contributed by atoms with Crippen LogP contribution < -0.4 is 10.1 Å². The van der Waals surface area contributed by atoms with E-state index in [0.29, 0.717) is 21.5 Å². The lowest BCUT2D eigenvalue weighted by Crippen LogP contribution is -2.14. The Hall–Kier alpha value is -2.91. The summed E-state index contributed by atoms with van der Waals surface area (Å²) < 4.78 is 5.57. The molecule has 0 fully saturated rings. The molecule has 0 radical (unpaired) electrons. The predicted molar refractivity (Wildman–Crippen MR) is 98.8 cm³/mol. The third-order valence-electron chi connectivity index (χ3n) is 3.28. The topological polar surface area (TPSA) is 79.2 Å². The van der Waals surface area contributed by atoms with Gasteiger partial charge < -0.3 is 10.1 Å². The lowest BCUT2D eigenvalue weighted by atomic mass is 10.1. The fraction of sp³-hybridized carbons (Fsp3) is 0.105. The Morgan fingerprint density at radius 2 is 1.96 bits per heavy atom. The van der Waals surface area contributed by atoms with Gasteiger partial charge in [-0.05, 0) is 58.3 Å². The Morgan fingerprint density at radius 1 is 1.24 bits per heavy atom. The highest BCUT2D eigenvalue weighted by atomic mass is 79.9. The van der Waals surface area contributed by atoms with Crippen LogP contribution in [0.3, 0.4) is 0 Å². The van der Waals surface area contributed by atoms with Gasteiger partial charge in [0.05, 0.1) is 4.47 Å². The molecule has 0 spiro atoms. The smallest absolute Gasteiger partial charge is 0.308 e. The molecule has 0 aliphatic heterocycles. The van der Waals surface area contributed by atoms with E-state index in [-0.39, 0.29) is 5.57 Å². The minimum absolute atomic E-state index is 0.0320. The molecule has 6 heteroatoms. The van der Waals surface area contributed by atoms with E-state index in [9.17, 15) is 14.9 Å². The van der Waals surface area contributed by atoms with Gasteiger partial charge in [0.15, 0.2) is 0 Å². The molecule has 0 aliphatic rings. The van der Waals surface area contributed by atoms with E-state index in [0.717, 1.165) is 5.56 Å². The second-order valence-corrected chi connectivity index (χ2v) is 6.08. The number of hydrogen-bond acceptors (Lipinski definition) is 4. The molecular formula is C19H15BrN2O3. The number of carbonyl (C=O) groups excluding carboxylic acids is 2. The van der Waals surface area contributed by atoms with Crippen LogP contribution in [0.2, 0.25) is 0 Å². The third-order valence-corrected chi connectivity index (χ3v) is 3.90. The zero-order valence-electron chi connectivity index (χ0n) is 13.7. The summed E-state index contributed by atoms with van der Waals surface area (Å²) in [6.07, 6.45) is 1.47. The molecule has 1 amide bonds. The molecule has 2 rings (SSSR count). The van der Waals surface area contributed by atoms with Crippen LogP contribution in [0.5, 0.6) is 5.75 Å². The summed E-state index contributed by atoms with van der Waals surface area (Å²) >= 11 is 3.30. The second kappa shape index (κ2) is 8.27. The van der Waals surface area contributed by atoms with E-state index in [1.165, 1.54) is 13.0 Å². The fourth-order valence-corrected chi connectivity index (χ4v) is 2.54. The summed E-state index contributed by atoms with van der Waals surface area (Å²) in [7, 11) is 0. The van der Waals surface area contributed by atoms with Crippen molar-refractivity contribution in [1.82, 2.24) is 0 Å². The first kappa shape index (κ1) is 18.4. The maximum atomic E-state index is 12.3. The zero-order valence-corrected chi connectivity index (χ0v) is 15.3. The van der Waals surface area contributed by atoms with Gasteiger partial charge in [0.1, 0.15) is 17.4 Å². The highest BCUT2D eigenvalue weighted by molar-refractivity contribution is 9.10. The monoisotopic (exact) mass is 398 g/mol. The lowest BCUT2D eigenvalue weighted by Gasteiger charge is -2.08. The second-order valence-electron chi connectivity index (χ2n) is 5.22. The molecule has 0 atom stereocenters. The van der Waals surface area contributed by atoms with Crippen LogP contribution in [0.15, 0.2) is 52.5 Å². The number of aryl methyl sites for hydroxylation is 1. The SMILES string of the molecule is CC(=O)Oc1ccc(/C=C(\C#N)C(=O)Nc2ccccc2C)cc1Br. The molecule has 1 N–H and O–H groups in total. The van der Waals surface area contributed by atoms with Crippen LogP contribution in [-0.2, 0) is 9.59 Å². The Balaban J connectivity index is 2.24. The van der Waals surface area contributed by atoms with Crippen molar-refractivity contribution in [3.8, 4) is 11.8 Å². The Morgan fingerprint density at radius 3 is 2.56 bits per heavy atom. The number of benzene rings is 2. The predicted octanol–water partition coefficient (Wildman–Crippen LogP) is 4.23. The van der Waals surface area contributed by atoms with E-state index in [1.807, 2.05) is 31.2 Å². The summed E-state index contributed by atoms with van der Waals surface area (Å²) in [5.41, 5.74) is 2.15. The van der Waals surface area contributed by atoms with Crippen molar-refractivity contribution in [2.45, 2.75) is 13.8 Å². The van der Waals surface area contributed by atoms with Crippen LogP contribution in [-0.4, -0.2) is 11.9 Å². The number of carbonyl (C=O) groups is 2. The molecule has 0 aromatic heterocycles. The number of ether oxygens (including phenoxy) is 1. The van der Waals surface area contributed by atoms with Gasteiger partial charge in [-0.15, -0.1) is 0 Å². The standard InChI is InChI=1S/C19H15BrN2O3/c1-12-5-3-4-6-17(12)22-19(24)15(11-21)9-14-7-8-18(16(20)10-14)25-13(2)23/h3-10H,1-2H3,(H,22,24)/b15-9+. The molecule has 0 saturated carbocycles. The molecule has 126 valence electrons. The van der Waals surface area contributed by atoms with E-state index in [4.69, 9.17) is 4.74 Å². The first-order valence-corrected chi connectivity index (χ1v) is 8.16. The van der Waals surface area contributed by atoms with Crippen molar-refractivity contribution in [1.29, 1.82) is 5.26 Å². The summed E-state index contributed by atoms with van der Waals surface area (Å²) in [6, 6.07) is 14.1. The van der Waals surface area contributed by atoms with Gasteiger partial charge in [-0.1, -0.05) is 24.3 Å². The van der Waals surface area contributed by atoms with Gasteiger partial charge in [-0.25, -0.2) is 0 Å². The molecule has 0 saturated heterocycles. The number of nitrogens with zero attached hydrogens (tertiary/aromatic N) is 1. The molecule has 25 heavy (non-hydrogen) atoms. The molecule has 2 aromatic rings. The molecule has 0 bridgehead atoms. The number of para-hydroxylation sites is 1. The average Bonchev–Trinajstić information content (AvgIpc) is 2.56. The van der Waals surface area contributed by atoms with Gasteiger partial charge >= 0.3 is 5.97 Å². The Kier molecular flexibility index (Phi) is 6.09. The normalized spacial score (nSPS) is 10.7. The number of rotatable bonds is 4. The minimum Gasteiger partial charge on any atom is -0.426 e. The number of nitriles is 1. The molecular weight excluding hydrogens is 384 g/mol. The first-order chi connectivity index (χ1) is 11.9. The Bertz CT molecular complexity index is 898. The molecule has 0 unspecified atom stereocenters. The molecule has 5 nitrogen and oxygen atoms in total. The van der Waals surface area contributed by atoms with Crippen LogP contribution in [0.1, 0.15) is 18.1 Å². The summed E-state index contributed by atoms with van der Waals surface area (Å²) in [5, 5.41) is 12.0. The van der Waals surface area contributed by atoms with Crippen LogP contribution in [0.25, 0.3) is 6.08 Å². The number of anilines is 1. The number of hydrogen-bond donors (Lipinski definition) is 1. The van der Waals surface area contributed by atoms with E-state index in [2.05, 4.69) is 21.2 Å². The maximum absolute atomic E-state index is 12.3. The zero-order chi connectivity index (χ0) is 18.4. The van der Waals surface area contributed by atoms with Gasteiger partial charge in [0.25, 0.3) is 5.91 Å². The van der Waals surface area contributed by atoms with Crippen LogP contribution in [0, 0.1) is 18.3 Å². The van der Waals surface area contributed by atoms with E-state index < -0.39 is 11.9 Å². The van der Waals surface area contributed by atoms with Crippen LogP contribution >= 0.6 is 15.9 Å². The van der Waals surface area contributed by atoms with Crippen molar-refractivity contribution in [3.05, 3.63) is 63.6 Å².